The second-order valence-corrected chi connectivity index (χ2v) is 4.87. The average molecular weight is 267 g/mol. The first-order valence-electron chi connectivity index (χ1n) is 6.97. The highest BCUT2D eigenvalue weighted by Gasteiger charge is 2.17. The van der Waals surface area contributed by atoms with Gasteiger partial charge < -0.3 is 14.0 Å². The number of hydrogen-bond donors (Lipinski definition) is 0. The number of nitrogens with zero attached hydrogens (tertiary/aromatic N) is 1. The summed E-state index contributed by atoms with van der Waals surface area (Å²) in [6, 6.07) is 3.89. The van der Waals surface area contributed by atoms with Gasteiger partial charge in [-0.2, -0.15) is 0 Å². The van der Waals surface area contributed by atoms with Gasteiger partial charge in [-0.1, -0.05) is 13.8 Å². The highest BCUT2D eigenvalue weighted by molar-refractivity contribution is 5.88. The topological polar surface area (TPSA) is 40.5 Å². The van der Waals surface area contributed by atoms with Gasteiger partial charge in [-0.05, 0) is 37.8 Å². The van der Waals surface area contributed by atoms with E-state index in [1.54, 1.807) is 7.11 Å². The number of aromatic nitrogens is 1. The molecule has 0 amide bonds. The van der Waals surface area contributed by atoms with Gasteiger partial charge in [0.2, 0.25) is 0 Å². The Bertz CT molecular complexity index is 396. The minimum atomic E-state index is -0.235. The number of methoxy groups -OCH3 is 1. The summed E-state index contributed by atoms with van der Waals surface area (Å²) in [5, 5.41) is 0. The number of unbranched alkanes of at least 4 members (excludes halogenated alkanes) is 1. The molecule has 0 spiro atoms. The molecule has 1 rings (SSSR count). The van der Waals surface area contributed by atoms with Crippen molar-refractivity contribution in [2.75, 3.05) is 20.3 Å². The molecule has 1 aromatic heterocycles. The van der Waals surface area contributed by atoms with Crippen molar-refractivity contribution in [3.63, 3.8) is 0 Å². The zero-order chi connectivity index (χ0) is 14.3. The zero-order valence-electron chi connectivity index (χ0n) is 12.4. The molecule has 0 aliphatic heterocycles. The standard InChI is InChI=1S/C15H25NO3/c1-5-19-15(17)14-9-8-13(12(2)3)16(14)10-6-7-11-18-4/h8-9,12H,5-7,10-11H2,1-4H3. The molecule has 0 aliphatic carbocycles. The van der Waals surface area contributed by atoms with E-state index in [-0.39, 0.29) is 5.97 Å². The van der Waals surface area contributed by atoms with E-state index < -0.39 is 0 Å². The Kier molecular flexibility index (Phi) is 6.64. The van der Waals surface area contributed by atoms with Crippen LogP contribution in [0.25, 0.3) is 0 Å². The van der Waals surface area contributed by atoms with Crippen LogP contribution < -0.4 is 0 Å². The van der Waals surface area contributed by atoms with E-state index in [0.29, 0.717) is 18.2 Å². The molecule has 4 heteroatoms. The van der Waals surface area contributed by atoms with Gasteiger partial charge >= 0.3 is 5.97 Å². The highest BCUT2D eigenvalue weighted by atomic mass is 16.5. The van der Waals surface area contributed by atoms with E-state index in [9.17, 15) is 4.79 Å². The summed E-state index contributed by atoms with van der Waals surface area (Å²) < 4.78 is 12.2. The van der Waals surface area contributed by atoms with Crippen LogP contribution in [-0.2, 0) is 16.0 Å². The van der Waals surface area contributed by atoms with Crippen LogP contribution in [0.3, 0.4) is 0 Å². The largest absolute Gasteiger partial charge is 0.461 e. The molecule has 0 atom stereocenters. The SMILES string of the molecule is CCOC(=O)c1ccc(C(C)C)n1CCCCOC. The van der Waals surface area contributed by atoms with E-state index >= 15 is 0 Å². The Balaban J connectivity index is 2.82. The molecule has 108 valence electrons. The maximum atomic E-state index is 11.9. The maximum absolute atomic E-state index is 11.9. The molecule has 19 heavy (non-hydrogen) atoms. The third-order valence-corrected chi connectivity index (χ3v) is 3.07. The lowest BCUT2D eigenvalue weighted by molar-refractivity contribution is 0.0513. The normalized spacial score (nSPS) is 11.0. The Morgan fingerprint density at radius 2 is 2.05 bits per heavy atom. The molecule has 0 radical (unpaired) electrons. The summed E-state index contributed by atoms with van der Waals surface area (Å²) >= 11 is 0. The third kappa shape index (κ3) is 4.39. The van der Waals surface area contributed by atoms with Gasteiger partial charge in [0.05, 0.1) is 6.61 Å². The summed E-state index contributed by atoms with van der Waals surface area (Å²) in [6.07, 6.45) is 1.99. The first kappa shape index (κ1) is 15.8. The summed E-state index contributed by atoms with van der Waals surface area (Å²) in [5.74, 6) is 0.159. The molecule has 0 fully saturated rings. The van der Waals surface area contributed by atoms with Crippen LogP contribution in [0.4, 0.5) is 0 Å². The summed E-state index contributed by atoms with van der Waals surface area (Å²) in [4.78, 5) is 11.9. The summed E-state index contributed by atoms with van der Waals surface area (Å²) in [6.45, 7) is 8.09. The molecule has 1 aromatic rings. The van der Waals surface area contributed by atoms with Gasteiger partial charge in [-0.15, -0.1) is 0 Å². The van der Waals surface area contributed by atoms with Crippen molar-refractivity contribution in [1.29, 1.82) is 0 Å². The van der Waals surface area contributed by atoms with Gasteiger partial charge in [0.1, 0.15) is 5.69 Å². The molecule has 0 bridgehead atoms. The van der Waals surface area contributed by atoms with Crippen molar-refractivity contribution < 1.29 is 14.3 Å². The van der Waals surface area contributed by atoms with Gasteiger partial charge in [-0.3, -0.25) is 0 Å². The van der Waals surface area contributed by atoms with E-state index in [4.69, 9.17) is 9.47 Å². The fraction of sp³-hybridized carbons (Fsp3) is 0.667. The van der Waals surface area contributed by atoms with Crippen LogP contribution in [0, 0.1) is 0 Å². The maximum Gasteiger partial charge on any atom is 0.354 e. The molecule has 0 aliphatic rings. The Hall–Kier alpha value is -1.29. The second kappa shape index (κ2) is 8.00. The minimum absolute atomic E-state index is 0.235. The number of esters is 1. The van der Waals surface area contributed by atoms with Crippen LogP contribution in [-0.4, -0.2) is 30.9 Å². The third-order valence-electron chi connectivity index (χ3n) is 3.07. The number of carbonyl (C=O) groups excluding carboxylic acids is 1. The van der Waals surface area contributed by atoms with Crippen molar-refractivity contribution in [2.24, 2.45) is 0 Å². The summed E-state index contributed by atoms with van der Waals surface area (Å²) in [7, 11) is 1.71. The van der Waals surface area contributed by atoms with Crippen LogP contribution >= 0.6 is 0 Å². The van der Waals surface area contributed by atoms with E-state index in [1.807, 2.05) is 19.1 Å². The number of rotatable bonds is 8. The van der Waals surface area contributed by atoms with Crippen molar-refractivity contribution in [3.05, 3.63) is 23.5 Å². The van der Waals surface area contributed by atoms with Crippen molar-refractivity contribution in [2.45, 2.75) is 46.1 Å². The highest BCUT2D eigenvalue weighted by Crippen LogP contribution is 2.20. The Morgan fingerprint density at radius 1 is 1.32 bits per heavy atom. The number of hydrogen-bond acceptors (Lipinski definition) is 3. The predicted molar refractivity (Wildman–Crippen MR) is 75.6 cm³/mol. The van der Waals surface area contributed by atoms with E-state index in [2.05, 4.69) is 18.4 Å². The molecule has 0 saturated heterocycles. The average Bonchev–Trinajstić information content (AvgIpc) is 2.79. The monoisotopic (exact) mass is 267 g/mol. The predicted octanol–water partition coefficient (Wildman–Crippen LogP) is 3.21. The van der Waals surface area contributed by atoms with Crippen molar-refractivity contribution in [1.82, 2.24) is 4.57 Å². The minimum Gasteiger partial charge on any atom is -0.461 e. The van der Waals surface area contributed by atoms with Crippen LogP contribution in [0.15, 0.2) is 12.1 Å². The molecular formula is C15H25NO3. The van der Waals surface area contributed by atoms with Gasteiger partial charge in [0.25, 0.3) is 0 Å². The molecular weight excluding hydrogens is 242 g/mol. The van der Waals surface area contributed by atoms with Gasteiger partial charge in [0, 0.05) is 26.0 Å². The van der Waals surface area contributed by atoms with Crippen molar-refractivity contribution >= 4 is 5.97 Å². The summed E-state index contributed by atoms with van der Waals surface area (Å²) in [5.41, 5.74) is 1.84. The molecule has 0 N–H and O–H groups in total. The van der Waals surface area contributed by atoms with Crippen LogP contribution in [0.5, 0.6) is 0 Å². The first-order chi connectivity index (χ1) is 9.11. The Labute approximate surface area is 115 Å². The lowest BCUT2D eigenvalue weighted by Crippen LogP contribution is -2.15. The lowest BCUT2D eigenvalue weighted by Gasteiger charge is -2.15. The van der Waals surface area contributed by atoms with E-state index in [1.165, 1.54) is 5.69 Å². The van der Waals surface area contributed by atoms with Gasteiger partial charge in [-0.25, -0.2) is 4.79 Å². The smallest absolute Gasteiger partial charge is 0.354 e. The Morgan fingerprint density at radius 3 is 2.63 bits per heavy atom. The molecule has 0 aromatic carbocycles. The van der Waals surface area contributed by atoms with Gasteiger partial charge in [0.15, 0.2) is 0 Å². The fourth-order valence-corrected chi connectivity index (χ4v) is 2.14. The fourth-order valence-electron chi connectivity index (χ4n) is 2.14. The van der Waals surface area contributed by atoms with Crippen LogP contribution in [0.2, 0.25) is 0 Å². The second-order valence-electron chi connectivity index (χ2n) is 4.87. The molecule has 0 saturated carbocycles. The molecule has 0 unspecified atom stereocenters. The molecule has 4 nitrogen and oxygen atoms in total. The number of ether oxygens (including phenoxy) is 2. The lowest BCUT2D eigenvalue weighted by atomic mass is 10.1. The van der Waals surface area contributed by atoms with E-state index in [0.717, 1.165) is 26.0 Å². The zero-order valence-corrected chi connectivity index (χ0v) is 12.4. The first-order valence-corrected chi connectivity index (χ1v) is 6.97. The van der Waals surface area contributed by atoms with Crippen molar-refractivity contribution in [3.8, 4) is 0 Å². The molecule has 1 heterocycles. The quantitative estimate of drug-likeness (QED) is 0.536. The number of carbonyl (C=O) groups is 1. The van der Waals surface area contributed by atoms with Crippen LogP contribution in [0.1, 0.15) is 55.7 Å².